The van der Waals surface area contributed by atoms with Crippen LogP contribution in [0, 0.1) is 11.3 Å². The highest BCUT2D eigenvalue weighted by Crippen LogP contribution is 2.58. The van der Waals surface area contributed by atoms with Crippen molar-refractivity contribution in [2.45, 2.75) is 94.5 Å². The molecular weight excluding hydrogens is 546 g/mol. The molecule has 0 aliphatic heterocycles. The molecule has 5 aliphatic rings. The molecule has 1 unspecified atom stereocenters. The smallest absolute Gasteiger partial charge is 0.248 e. The lowest BCUT2D eigenvalue weighted by atomic mass is 9.53. The number of carbonyl (C=O) groups excluding carboxylic acids is 1. The Balaban J connectivity index is 1.15. The fourth-order valence-corrected chi connectivity index (χ4v) is 8.03. The van der Waals surface area contributed by atoms with Gasteiger partial charge in [0.1, 0.15) is 5.01 Å². The molecule has 41 heavy (non-hydrogen) atoms. The van der Waals surface area contributed by atoms with Crippen LogP contribution in [0.1, 0.15) is 93.3 Å². The van der Waals surface area contributed by atoms with Crippen molar-refractivity contribution in [2.75, 3.05) is 18.6 Å². The first-order valence-corrected chi connectivity index (χ1v) is 15.7. The van der Waals surface area contributed by atoms with Crippen LogP contribution in [0.25, 0.3) is 11.3 Å². The lowest BCUT2D eigenvalue weighted by Crippen LogP contribution is -2.51. The first kappa shape index (κ1) is 27.1. The van der Waals surface area contributed by atoms with Crippen LogP contribution in [0.4, 0.5) is 14.5 Å². The van der Waals surface area contributed by atoms with Gasteiger partial charge in [-0.3, -0.25) is 4.79 Å². The minimum Gasteiger partial charge on any atom is -0.378 e. The Hall–Kier alpha value is -2.72. The monoisotopic (exact) mass is 582 g/mol. The van der Waals surface area contributed by atoms with Crippen molar-refractivity contribution in [1.29, 1.82) is 0 Å². The number of carbonyl (C=O) groups is 1. The molecule has 10 heteroatoms. The summed E-state index contributed by atoms with van der Waals surface area (Å²) in [6.45, 7) is 0.983. The van der Waals surface area contributed by atoms with E-state index in [1.165, 1.54) is 11.3 Å². The van der Waals surface area contributed by atoms with Crippen molar-refractivity contribution >= 4 is 22.9 Å². The van der Waals surface area contributed by atoms with Crippen LogP contribution in [0.15, 0.2) is 34.2 Å². The molecule has 2 heterocycles. The number of hydrogen-bond acceptors (Lipinski definition) is 7. The number of thiazole rings is 1. The maximum atomic E-state index is 14.2. The van der Waals surface area contributed by atoms with E-state index in [1.54, 1.807) is 7.11 Å². The molecule has 1 amide bonds. The summed E-state index contributed by atoms with van der Waals surface area (Å²) in [5.74, 6) is -1.51. The van der Waals surface area contributed by atoms with Crippen LogP contribution < -0.4 is 4.90 Å². The summed E-state index contributed by atoms with van der Waals surface area (Å²) in [5.41, 5.74) is 2.36. The molecule has 0 spiro atoms. The number of rotatable bonds is 9. The van der Waals surface area contributed by atoms with E-state index in [0.717, 1.165) is 85.0 Å². The normalized spacial score (nSPS) is 28.7. The number of fused-ring (bicyclic) bond motifs is 3. The van der Waals surface area contributed by atoms with Crippen LogP contribution in [0.2, 0.25) is 0 Å². The molecule has 2 bridgehead atoms. The van der Waals surface area contributed by atoms with Gasteiger partial charge >= 0.3 is 0 Å². The molecule has 5 saturated carbocycles. The van der Waals surface area contributed by atoms with E-state index in [2.05, 4.69) is 10.1 Å². The van der Waals surface area contributed by atoms with Crippen molar-refractivity contribution < 1.29 is 22.8 Å². The Morgan fingerprint density at radius 3 is 2.56 bits per heavy atom. The molecule has 0 radical (unpaired) electrons. The van der Waals surface area contributed by atoms with Gasteiger partial charge in [0, 0.05) is 60.4 Å². The number of aromatic nitrogens is 3. The zero-order valence-corrected chi connectivity index (χ0v) is 24.2. The highest BCUT2D eigenvalue weighted by molar-refractivity contribution is 7.09. The molecular formula is C31H36F2N4O3S. The number of amides is 1. The summed E-state index contributed by atoms with van der Waals surface area (Å²) in [6, 6.07) is 7.83. The third-order valence-electron chi connectivity index (χ3n) is 10.0. The van der Waals surface area contributed by atoms with Gasteiger partial charge in [-0.15, -0.1) is 11.3 Å². The third kappa shape index (κ3) is 5.22. The number of ether oxygens (including phenoxy) is 1. The highest BCUT2D eigenvalue weighted by atomic mass is 32.1. The van der Waals surface area contributed by atoms with Crippen LogP contribution in [-0.4, -0.2) is 40.6 Å². The average Bonchev–Trinajstić information content (AvgIpc) is 3.34. The zero-order chi connectivity index (χ0) is 28.2. The van der Waals surface area contributed by atoms with Crippen LogP contribution in [0.5, 0.6) is 0 Å². The first-order valence-electron chi connectivity index (χ1n) is 14.8. The minimum absolute atomic E-state index is 0.0554. The quantitative estimate of drug-likeness (QED) is 0.264. The number of methoxy groups -OCH3 is 1. The molecule has 5 aliphatic carbocycles. The fraction of sp³-hybridized carbons (Fsp3) is 0.613. The lowest BCUT2D eigenvalue weighted by Gasteiger charge is -2.53. The van der Waals surface area contributed by atoms with Crippen LogP contribution >= 0.6 is 11.3 Å². The number of hydrogen-bond donors (Lipinski definition) is 0. The molecule has 8 rings (SSSR count). The number of anilines is 1. The molecule has 7 nitrogen and oxygen atoms in total. The summed E-state index contributed by atoms with van der Waals surface area (Å²) in [5, 5.41) is 7.15. The van der Waals surface area contributed by atoms with E-state index >= 15 is 0 Å². The van der Waals surface area contributed by atoms with Gasteiger partial charge in [-0.25, -0.2) is 13.8 Å². The SMILES string of the molecule is COCc1nc(-c2cccc(N(CC34CCC(c5nc(C6CC6)no5)(CC3)CC4)C(=O)C3CCC(F)(F)C3)c2)cs1. The topological polar surface area (TPSA) is 81.3 Å². The van der Waals surface area contributed by atoms with Crippen molar-refractivity contribution in [3.8, 4) is 11.3 Å². The van der Waals surface area contributed by atoms with Gasteiger partial charge in [-0.05, 0) is 75.3 Å². The Bertz CT molecular complexity index is 1410. The molecule has 2 aromatic heterocycles. The van der Waals surface area contributed by atoms with E-state index in [-0.39, 0.29) is 36.0 Å². The standard InChI is InChI=1S/C31H36F2N4O3S/c1-39-17-25-34-24(18-41-25)21-3-2-4-23(15-21)37(27(38)22-7-8-31(32,33)16-22)19-29-9-12-30(13-10-29,14-11-29)28-35-26(36-40-28)20-5-6-20/h2-4,15,18,20,22H,5-14,16-17,19H2,1H3. The molecule has 3 aromatic rings. The van der Waals surface area contributed by atoms with Gasteiger partial charge in [0.05, 0.1) is 12.3 Å². The second-order valence-corrected chi connectivity index (χ2v) is 13.8. The van der Waals surface area contributed by atoms with Crippen LogP contribution in [0.3, 0.4) is 0 Å². The lowest BCUT2D eigenvalue weighted by molar-refractivity contribution is -0.124. The second kappa shape index (κ2) is 10.2. The maximum Gasteiger partial charge on any atom is 0.248 e. The number of halogens is 2. The highest BCUT2D eigenvalue weighted by Gasteiger charge is 2.54. The fourth-order valence-electron chi connectivity index (χ4n) is 7.26. The van der Waals surface area contributed by atoms with Gasteiger partial charge in [0.15, 0.2) is 5.82 Å². The van der Waals surface area contributed by atoms with E-state index in [1.807, 2.05) is 34.5 Å². The summed E-state index contributed by atoms with van der Waals surface area (Å²) in [7, 11) is 1.64. The number of nitrogens with zero attached hydrogens (tertiary/aromatic N) is 4. The summed E-state index contributed by atoms with van der Waals surface area (Å²) in [4.78, 5) is 25.3. The third-order valence-corrected chi connectivity index (χ3v) is 10.8. The number of alkyl halides is 2. The molecule has 5 fully saturated rings. The van der Waals surface area contributed by atoms with Gasteiger partial charge in [0.2, 0.25) is 17.7 Å². The Morgan fingerprint density at radius 1 is 1.10 bits per heavy atom. The largest absolute Gasteiger partial charge is 0.378 e. The van der Waals surface area contributed by atoms with E-state index < -0.39 is 11.8 Å². The first-order chi connectivity index (χ1) is 19.8. The summed E-state index contributed by atoms with van der Waals surface area (Å²) >= 11 is 1.53. The Morgan fingerprint density at radius 2 is 1.88 bits per heavy atom. The van der Waals surface area contributed by atoms with Gasteiger partial charge in [-0.1, -0.05) is 17.3 Å². The summed E-state index contributed by atoms with van der Waals surface area (Å²) < 4.78 is 39.5. The molecule has 1 aromatic carbocycles. The van der Waals surface area contributed by atoms with Crippen molar-refractivity contribution in [1.82, 2.24) is 15.1 Å². The predicted octanol–water partition coefficient (Wildman–Crippen LogP) is 7.28. The zero-order valence-electron chi connectivity index (χ0n) is 23.4. The van der Waals surface area contributed by atoms with Gasteiger partial charge < -0.3 is 14.2 Å². The average molecular weight is 583 g/mol. The van der Waals surface area contributed by atoms with E-state index in [4.69, 9.17) is 14.2 Å². The van der Waals surface area contributed by atoms with Crippen molar-refractivity contribution in [3.63, 3.8) is 0 Å². The van der Waals surface area contributed by atoms with E-state index in [9.17, 15) is 13.6 Å². The van der Waals surface area contributed by atoms with Crippen LogP contribution in [-0.2, 0) is 21.6 Å². The number of benzene rings is 1. The minimum atomic E-state index is -2.77. The van der Waals surface area contributed by atoms with E-state index in [0.29, 0.717) is 19.1 Å². The van der Waals surface area contributed by atoms with Gasteiger partial charge in [0.25, 0.3) is 0 Å². The second-order valence-electron chi connectivity index (χ2n) is 12.8. The van der Waals surface area contributed by atoms with Gasteiger partial charge in [-0.2, -0.15) is 4.98 Å². The molecule has 1 atom stereocenters. The molecule has 218 valence electrons. The molecule has 0 N–H and O–H groups in total. The van der Waals surface area contributed by atoms with Crippen molar-refractivity contribution in [2.24, 2.45) is 11.3 Å². The Labute approximate surface area is 242 Å². The maximum absolute atomic E-state index is 14.2. The Kier molecular flexibility index (Phi) is 6.77. The molecule has 0 saturated heterocycles. The predicted molar refractivity (Wildman–Crippen MR) is 151 cm³/mol. The summed E-state index contributed by atoms with van der Waals surface area (Å²) in [6.07, 6.45) is 7.61. The van der Waals surface area contributed by atoms with Crippen molar-refractivity contribution in [3.05, 3.63) is 46.4 Å².